The van der Waals surface area contributed by atoms with E-state index >= 15 is 0 Å². The van der Waals surface area contributed by atoms with Gasteiger partial charge >= 0.3 is 0 Å². The maximum atomic E-state index is 12.1. The number of hydrogen-bond donors (Lipinski definition) is 2. The molecule has 0 aromatic carbocycles. The molecule has 1 rings (SSSR count). The van der Waals surface area contributed by atoms with Crippen LogP contribution in [0, 0.1) is 5.92 Å². The Bertz CT molecular complexity index is 515. The Balaban J connectivity index is 0.00000576. The first-order chi connectivity index (χ1) is 11.4. The Morgan fingerprint density at radius 3 is 2.64 bits per heavy atom. The van der Waals surface area contributed by atoms with Gasteiger partial charge in [-0.2, -0.15) is 0 Å². The topological polar surface area (TPSA) is 72.5 Å². The third kappa shape index (κ3) is 11.9. The first-order valence-corrected chi connectivity index (χ1v) is 8.30. The number of halogens is 3. The highest BCUT2D eigenvalue weighted by atomic mass is 127. The number of nitrogens with zero attached hydrogens (tertiary/aromatic N) is 2. The van der Waals surface area contributed by atoms with Crippen molar-refractivity contribution in [2.24, 2.45) is 16.6 Å². The number of guanidine groups is 1. The van der Waals surface area contributed by atoms with Gasteiger partial charge in [0.05, 0.1) is 12.2 Å². The highest BCUT2D eigenvalue weighted by Gasteiger charge is 2.06. The first-order valence-electron chi connectivity index (χ1n) is 8.30. The molecular formula is C17H29F2IN4O. The average molecular weight is 470 g/mol. The number of aliphatic imine (C=N–C) groups is 1. The number of aromatic nitrogens is 1. The smallest absolute Gasteiger partial charge is 0.272 e. The summed E-state index contributed by atoms with van der Waals surface area (Å²) in [6, 6.07) is 5.23. The molecule has 0 bridgehead atoms. The molecule has 1 heterocycles. The summed E-state index contributed by atoms with van der Waals surface area (Å²) in [6.45, 7) is 6.08. The third-order valence-electron chi connectivity index (χ3n) is 3.36. The molecule has 1 atom stereocenters. The van der Waals surface area contributed by atoms with Gasteiger partial charge in [0.25, 0.3) is 6.43 Å². The third-order valence-corrected chi connectivity index (χ3v) is 3.36. The summed E-state index contributed by atoms with van der Waals surface area (Å²) in [7, 11) is 0. The van der Waals surface area contributed by atoms with Crippen molar-refractivity contribution in [3.05, 3.63) is 23.9 Å². The quantitative estimate of drug-likeness (QED) is 0.309. The van der Waals surface area contributed by atoms with Gasteiger partial charge in [0.2, 0.25) is 5.88 Å². The molecule has 0 spiro atoms. The summed E-state index contributed by atoms with van der Waals surface area (Å²) < 4.78 is 29.1. The molecule has 1 aromatic rings. The Morgan fingerprint density at radius 2 is 2.00 bits per heavy atom. The van der Waals surface area contributed by atoms with E-state index in [2.05, 4.69) is 36.1 Å². The van der Waals surface area contributed by atoms with Crippen molar-refractivity contribution >= 4 is 29.9 Å². The molecule has 3 N–H and O–H groups in total. The van der Waals surface area contributed by atoms with Crippen LogP contribution in [0.4, 0.5) is 8.78 Å². The highest BCUT2D eigenvalue weighted by molar-refractivity contribution is 14.0. The van der Waals surface area contributed by atoms with Crippen LogP contribution in [0.1, 0.15) is 45.7 Å². The van der Waals surface area contributed by atoms with E-state index in [1.165, 1.54) is 12.5 Å². The SMILES string of the molecule is CC(C)CCCC(C)NC(N)=NCc1cccc(OCC(F)F)n1.I. The standard InChI is InChI=1S/C17H28F2N4O.HI/c1-12(2)6-4-7-13(3)22-17(20)21-10-14-8-5-9-16(23-14)24-11-15(18)19;/h5,8-9,12-13,15H,4,6-7,10-11H2,1-3H3,(H3,20,21,22);1H. The number of rotatable bonds is 10. The Kier molecular flexibility index (Phi) is 12.5. The summed E-state index contributed by atoms with van der Waals surface area (Å²) >= 11 is 0. The molecule has 0 amide bonds. The van der Waals surface area contributed by atoms with Crippen molar-refractivity contribution in [3.63, 3.8) is 0 Å². The summed E-state index contributed by atoms with van der Waals surface area (Å²) in [5.41, 5.74) is 6.48. The van der Waals surface area contributed by atoms with E-state index in [0.717, 1.165) is 12.8 Å². The molecule has 1 aromatic heterocycles. The molecule has 144 valence electrons. The normalized spacial score (nSPS) is 12.8. The Labute approximate surface area is 165 Å². The van der Waals surface area contributed by atoms with Gasteiger partial charge in [0, 0.05) is 12.1 Å². The highest BCUT2D eigenvalue weighted by Crippen LogP contribution is 2.10. The molecule has 0 saturated heterocycles. The first kappa shape index (κ1) is 23.8. The average Bonchev–Trinajstić information content (AvgIpc) is 2.51. The van der Waals surface area contributed by atoms with Gasteiger partial charge in [-0.3, -0.25) is 0 Å². The largest absolute Gasteiger partial charge is 0.472 e. The lowest BCUT2D eigenvalue weighted by Crippen LogP contribution is -2.38. The van der Waals surface area contributed by atoms with Crippen LogP contribution in [-0.2, 0) is 6.54 Å². The molecule has 1 unspecified atom stereocenters. The molecule has 0 aliphatic carbocycles. The zero-order chi connectivity index (χ0) is 17.9. The van der Waals surface area contributed by atoms with Gasteiger partial charge in [-0.05, 0) is 25.3 Å². The van der Waals surface area contributed by atoms with Gasteiger partial charge in [-0.1, -0.05) is 32.8 Å². The molecule has 8 heteroatoms. The molecule has 0 fully saturated rings. The number of nitrogens with two attached hydrogens (primary N) is 1. The molecule has 0 radical (unpaired) electrons. The molecule has 0 saturated carbocycles. The van der Waals surface area contributed by atoms with Crippen LogP contribution < -0.4 is 15.8 Å². The summed E-state index contributed by atoms with van der Waals surface area (Å²) in [4.78, 5) is 8.35. The second-order valence-electron chi connectivity index (χ2n) is 6.24. The predicted octanol–water partition coefficient (Wildman–Crippen LogP) is 3.96. The lowest BCUT2D eigenvalue weighted by Gasteiger charge is -2.15. The maximum absolute atomic E-state index is 12.1. The number of hydrogen-bond acceptors (Lipinski definition) is 3. The fraction of sp³-hybridized carbons (Fsp3) is 0.647. The van der Waals surface area contributed by atoms with Crippen LogP contribution >= 0.6 is 24.0 Å². The summed E-state index contributed by atoms with van der Waals surface area (Å²) in [6.07, 6.45) is 0.845. The Hall–Kier alpha value is -1.19. The van der Waals surface area contributed by atoms with E-state index in [-0.39, 0.29) is 42.4 Å². The maximum Gasteiger partial charge on any atom is 0.272 e. The van der Waals surface area contributed by atoms with Gasteiger partial charge in [0.1, 0.15) is 0 Å². The minimum Gasteiger partial charge on any atom is -0.472 e. The number of pyridine rings is 1. The minimum atomic E-state index is -2.52. The zero-order valence-electron chi connectivity index (χ0n) is 15.0. The van der Waals surface area contributed by atoms with E-state index in [4.69, 9.17) is 10.5 Å². The molecule has 25 heavy (non-hydrogen) atoms. The van der Waals surface area contributed by atoms with Crippen LogP contribution in [0.15, 0.2) is 23.2 Å². The number of alkyl halides is 2. The minimum absolute atomic E-state index is 0. The van der Waals surface area contributed by atoms with Crippen molar-refractivity contribution in [1.82, 2.24) is 10.3 Å². The van der Waals surface area contributed by atoms with Crippen LogP contribution in [-0.4, -0.2) is 30.0 Å². The second-order valence-corrected chi connectivity index (χ2v) is 6.24. The number of ether oxygens (including phenoxy) is 1. The summed E-state index contributed by atoms with van der Waals surface area (Å²) in [5.74, 6) is 1.22. The summed E-state index contributed by atoms with van der Waals surface area (Å²) in [5, 5.41) is 3.15. The van der Waals surface area contributed by atoms with E-state index in [1.807, 2.05) is 0 Å². The fourth-order valence-corrected chi connectivity index (χ4v) is 2.14. The van der Waals surface area contributed by atoms with Crippen molar-refractivity contribution in [2.75, 3.05) is 6.61 Å². The lowest BCUT2D eigenvalue weighted by atomic mass is 10.0. The van der Waals surface area contributed by atoms with Crippen LogP contribution in [0.3, 0.4) is 0 Å². The van der Waals surface area contributed by atoms with Crippen molar-refractivity contribution in [1.29, 1.82) is 0 Å². The van der Waals surface area contributed by atoms with Gasteiger partial charge in [-0.25, -0.2) is 18.8 Å². The van der Waals surface area contributed by atoms with Crippen LogP contribution in [0.5, 0.6) is 5.88 Å². The van der Waals surface area contributed by atoms with Gasteiger partial charge in [-0.15, -0.1) is 24.0 Å². The fourth-order valence-electron chi connectivity index (χ4n) is 2.14. The van der Waals surface area contributed by atoms with E-state index in [0.29, 0.717) is 17.6 Å². The van der Waals surface area contributed by atoms with Gasteiger partial charge in [0.15, 0.2) is 12.6 Å². The van der Waals surface area contributed by atoms with Crippen molar-refractivity contribution < 1.29 is 13.5 Å². The second kappa shape index (κ2) is 13.1. The molecule has 0 aliphatic heterocycles. The van der Waals surface area contributed by atoms with Crippen molar-refractivity contribution in [2.45, 2.75) is 59.0 Å². The molecular weight excluding hydrogens is 441 g/mol. The van der Waals surface area contributed by atoms with E-state index in [9.17, 15) is 8.78 Å². The van der Waals surface area contributed by atoms with Crippen LogP contribution in [0.25, 0.3) is 0 Å². The van der Waals surface area contributed by atoms with Gasteiger partial charge < -0.3 is 15.8 Å². The molecule has 0 aliphatic rings. The predicted molar refractivity (Wildman–Crippen MR) is 108 cm³/mol. The number of nitrogens with one attached hydrogen (secondary N) is 1. The lowest BCUT2D eigenvalue weighted by molar-refractivity contribution is 0.0795. The van der Waals surface area contributed by atoms with E-state index < -0.39 is 13.0 Å². The van der Waals surface area contributed by atoms with Crippen LogP contribution in [0.2, 0.25) is 0 Å². The zero-order valence-corrected chi connectivity index (χ0v) is 17.4. The van der Waals surface area contributed by atoms with E-state index in [1.54, 1.807) is 12.1 Å². The monoisotopic (exact) mass is 470 g/mol. The molecule has 5 nitrogen and oxygen atoms in total. The Morgan fingerprint density at radius 1 is 1.28 bits per heavy atom. The van der Waals surface area contributed by atoms with Crippen molar-refractivity contribution in [3.8, 4) is 5.88 Å².